The zero-order valence-corrected chi connectivity index (χ0v) is 18.3. The highest BCUT2D eigenvalue weighted by Crippen LogP contribution is 2.27. The van der Waals surface area contributed by atoms with Crippen molar-refractivity contribution in [2.75, 3.05) is 20.8 Å². The molecule has 0 amide bonds. The van der Waals surface area contributed by atoms with Crippen LogP contribution >= 0.6 is 24.0 Å². The zero-order valence-electron chi connectivity index (χ0n) is 15.9. The van der Waals surface area contributed by atoms with Crippen LogP contribution in [0.1, 0.15) is 24.7 Å². The number of methoxy groups -OCH3 is 1. The molecule has 1 atom stereocenters. The highest BCUT2D eigenvalue weighted by Gasteiger charge is 2.20. The molecule has 3 rings (SSSR count). The Hall–Kier alpha value is -2.04. The molecular formula is C18H27IN6O2. The van der Waals surface area contributed by atoms with E-state index in [4.69, 9.17) is 9.47 Å². The van der Waals surface area contributed by atoms with Crippen LogP contribution in [0.4, 0.5) is 0 Å². The second-order valence-electron chi connectivity index (χ2n) is 6.08. The van der Waals surface area contributed by atoms with Gasteiger partial charge in [-0.1, -0.05) is 6.07 Å². The molecule has 0 radical (unpaired) electrons. The fraction of sp³-hybridized carbons (Fsp3) is 0.500. The molecule has 8 nitrogen and oxygen atoms in total. The number of hydrogen-bond donors (Lipinski definition) is 2. The number of nitrogens with zero attached hydrogens (tertiary/aromatic N) is 4. The number of aliphatic imine (C=N–C) groups is 1. The van der Waals surface area contributed by atoms with Crippen LogP contribution in [-0.2, 0) is 19.5 Å². The average molecular weight is 486 g/mol. The van der Waals surface area contributed by atoms with E-state index in [1.54, 1.807) is 20.5 Å². The van der Waals surface area contributed by atoms with Crippen LogP contribution in [0.25, 0.3) is 0 Å². The first kappa shape index (κ1) is 21.3. The van der Waals surface area contributed by atoms with E-state index in [1.807, 2.05) is 29.8 Å². The van der Waals surface area contributed by atoms with Gasteiger partial charge >= 0.3 is 0 Å². The van der Waals surface area contributed by atoms with Crippen LogP contribution in [0.15, 0.2) is 29.5 Å². The fourth-order valence-electron chi connectivity index (χ4n) is 3.03. The van der Waals surface area contributed by atoms with E-state index in [2.05, 4.69) is 25.7 Å². The van der Waals surface area contributed by atoms with Gasteiger partial charge in [-0.2, -0.15) is 5.10 Å². The first-order valence-electron chi connectivity index (χ1n) is 8.87. The van der Waals surface area contributed by atoms with Crippen molar-refractivity contribution < 1.29 is 9.47 Å². The molecular weight excluding hydrogens is 459 g/mol. The van der Waals surface area contributed by atoms with Crippen molar-refractivity contribution in [2.45, 2.75) is 38.9 Å². The molecule has 1 aliphatic rings. The minimum atomic E-state index is 0. The van der Waals surface area contributed by atoms with E-state index >= 15 is 0 Å². The largest absolute Gasteiger partial charge is 0.493 e. The number of halogens is 1. The Kier molecular flexibility index (Phi) is 8.14. The van der Waals surface area contributed by atoms with Gasteiger partial charge in [0.2, 0.25) is 0 Å². The fourth-order valence-corrected chi connectivity index (χ4v) is 3.03. The van der Waals surface area contributed by atoms with E-state index in [0.717, 1.165) is 48.2 Å². The van der Waals surface area contributed by atoms with Gasteiger partial charge in [0.15, 0.2) is 17.5 Å². The first-order valence-corrected chi connectivity index (χ1v) is 8.87. The number of benzene rings is 1. The first-order chi connectivity index (χ1) is 12.7. The third-order valence-electron chi connectivity index (χ3n) is 4.36. The van der Waals surface area contributed by atoms with Crippen molar-refractivity contribution >= 4 is 29.9 Å². The number of fused-ring (bicyclic) bond motifs is 1. The van der Waals surface area contributed by atoms with Crippen molar-refractivity contribution in [3.05, 3.63) is 35.9 Å². The van der Waals surface area contributed by atoms with Crippen LogP contribution in [-0.4, -0.2) is 47.5 Å². The lowest BCUT2D eigenvalue weighted by molar-refractivity contribution is 0.310. The van der Waals surface area contributed by atoms with Gasteiger partial charge in [0.05, 0.1) is 20.3 Å². The van der Waals surface area contributed by atoms with E-state index in [1.165, 1.54) is 0 Å². The number of hydrogen-bond acceptors (Lipinski definition) is 5. The van der Waals surface area contributed by atoms with Gasteiger partial charge in [-0.25, -0.2) is 9.67 Å². The number of rotatable bonds is 6. The second-order valence-corrected chi connectivity index (χ2v) is 6.08. The van der Waals surface area contributed by atoms with Gasteiger partial charge in [-0.05, 0) is 31.0 Å². The predicted molar refractivity (Wildman–Crippen MR) is 115 cm³/mol. The van der Waals surface area contributed by atoms with Gasteiger partial charge in [-0.15, -0.1) is 24.0 Å². The van der Waals surface area contributed by atoms with Gasteiger partial charge in [0.25, 0.3) is 0 Å². The van der Waals surface area contributed by atoms with Crippen molar-refractivity contribution in [3.8, 4) is 11.5 Å². The maximum atomic E-state index is 5.63. The molecule has 0 aliphatic carbocycles. The maximum Gasteiger partial charge on any atom is 0.191 e. The van der Waals surface area contributed by atoms with Crippen molar-refractivity contribution in [3.63, 3.8) is 0 Å². The molecule has 1 aromatic carbocycles. The normalized spacial score (nSPS) is 16.1. The number of nitrogens with one attached hydrogen (secondary N) is 2. The number of aromatic nitrogens is 3. The molecule has 9 heteroatoms. The number of aryl methyl sites for hydroxylation is 1. The summed E-state index contributed by atoms with van der Waals surface area (Å²) in [7, 11) is 3.42. The zero-order chi connectivity index (χ0) is 18.4. The van der Waals surface area contributed by atoms with Gasteiger partial charge < -0.3 is 20.1 Å². The molecule has 2 heterocycles. The third-order valence-corrected chi connectivity index (χ3v) is 4.36. The summed E-state index contributed by atoms with van der Waals surface area (Å²) >= 11 is 0. The van der Waals surface area contributed by atoms with Crippen LogP contribution in [0.5, 0.6) is 11.5 Å². The molecule has 1 unspecified atom stereocenters. The van der Waals surface area contributed by atoms with Crippen molar-refractivity contribution in [1.82, 2.24) is 25.4 Å². The Morgan fingerprint density at radius 3 is 2.96 bits per heavy atom. The smallest absolute Gasteiger partial charge is 0.191 e. The summed E-state index contributed by atoms with van der Waals surface area (Å²) in [5.74, 6) is 3.31. The van der Waals surface area contributed by atoms with Gasteiger partial charge in [-0.3, -0.25) is 4.99 Å². The van der Waals surface area contributed by atoms with Crippen LogP contribution in [0, 0.1) is 0 Å². The van der Waals surface area contributed by atoms with E-state index in [0.29, 0.717) is 13.2 Å². The molecule has 148 valence electrons. The standard InChI is InChI=1S/C18H26N6O2.HI/c1-4-26-16-9-13(5-7-15(16)25-3)10-20-18(19-2)23-14-6-8-17-21-12-22-24(17)11-14;/h5,7,9,12,14H,4,6,8,10-11H2,1-3H3,(H2,19,20,23);1H. The third kappa shape index (κ3) is 5.47. The lowest BCUT2D eigenvalue weighted by Gasteiger charge is -2.25. The molecule has 0 saturated heterocycles. The number of ether oxygens (including phenoxy) is 2. The summed E-state index contributed by atoms with van der Waals surface area (Å²) < 4.78 is 12.9. The monoisotopic (exact) mass is 486 g/mol. The Labute approximate surface area is 176 Å². The minimum Gasteiger partial charge on any atom is -0.493 e. The van der Waals surface area contributed by atoms with E-state index in [9.17, 15) is 0 Å². The van der Waals surface area contributed by atoms with E-state index < -0.39 is 0 Å². The Morgan fingerprint density at radius 2 is 2.22 bits per heavy atom. The summed E-state index contributed by atoms with van der Waals surface area (Å²) in [6.07, 6.45) is 3.55. The van der Waals surface area contributed by atoms with Crippen LogP contribution in [0.3, 0.4) is 0 Å². The average Bonchev–Trinajstić information content (AvgIpc) is 3.13. The Bertz CT molecular complexity index is 764. The minimum absolute atomic E-state index is 0. The topological polar surface area (TPSA) is 85.6 Å². The highest BCUT2D eigenvalue weighted by molar-refractivity contribution is 14.0. The van der Waals surface area contributed by atoms with Gasteiger partial charge in [0.1, 0.15) is 12.2 Å². The molecule has 0 saturated carbocycles. The lowest BCUT2D eigenvalue weighted by atomic mass is 10.1. The SMILES string of the molecule is CCOc1cc(CNC(=NC)NC2CCc3ncnn3C2)ccc1OC.I. The molecule has 0 bridgehead atoms. The Morgan fingerprint density at radius 1 is 1.37 bits per heavy atom. The molecule has 2 N–H and O–H groups in total. The van der Waals surface area contributed by atoms with Crippen molar-refractivity contribution in [2.24, 2.45) is 4.99 Å². The van der Waals surface area contributed by atoms with Crippen LogP contribution in [0.2, 0.25) is 0 Å². The summed E-state index contributed by atoms with van der Waals surface area (Å²) in [5.41, 5.74) is 1.10. The summed E-state index contributed by atoms with van der Waals surface area (Å²) in [6.45, 7) is 4.00. The number of guanidine groups is 1. The maximum absolute atomic E-state index is 5.63. The molecule has 0 fully saturated rings. The Balaban J connectivity index is 0.00000261. The molecule has 27 heavy (non-hydrogen) atoms. The summed E-state index contributed by atoms with van der Waals surface area (Å²) in [4.78, 5) is 8.59. The van der Waals surface area contributed by atoms with Crippen molar-refractivity contribution in [1.29, 1.82) is 0 Å². The van der Waals surface area contributed by atoms with Crippen LogP contribution < -0.4 is 20.1 Å². The highest BCUT2D eigenvalue weighted by atomic mass is 127. The summed E-state index contributed by atoms with van der Waals surface area (Å²) in [6, 6.07) is 6.21. The molecule has 0 spiro atoms. The second kappa shape index (κ2) is 10.3. The molecule has 2 aromatic rings. The van der Waals surface area contributed by atoms with Gasteiger partial charge in [0, 0.05) is 26.1 Å². The quantitative estimate of drug-likeness (QED) is 0.369. The molecule has 1 aliphatic heterocycles. The lowest BCUT2D eigenvalue weighted by Crippen LogP contribution is -2.46. The summed E-state index contributed by atoms with van der Waals surface area (Å²) in [5, 5.41) is 11.1. The molecule has 1 aromatic heterocycles. The van der Waals surface area contributed by atoms with E-state index in [-0.39, 0.29) is 30.0 Å². The predicted octanol–water partition coefficient (Wildman–Crippen LogP) is 1.98.